The zero-order valence-electron chi connectivity index (χ0n) is 15.3. The minimum atomic E-state index is -2.23. The first-order chi connectivity index (χ1) is 13.2. The van der Waals surface area contributed by atoms with Gasteiger partial charge in [0.15, 0.2) is 11.9 Å². The summed E-state index contributed by atoms with van der Waals surface area (Å²) >= 11 is 29.3. The molecule has 0 bridgehead atoms. The van der Waals surface area contributed by atoms with Gasteiger partial charge in [0.25, 0.3) is 0 Å². The van der Waals surface area contributed by atoms with Gasteiger partial charge in [0.05, 0.1) is 15.1 Å². The standard InChI is InChI=1S/C16H18Cl5NO7/c1-16(2,3)29-15(27)22-4-5(23)11(24)12(25)14(26)28-13-9(20)7(18)6(17)8(19)10(13)21/h5,11-12,23-25H,4H2,1-3H3,(H,22,27)/t5-,11-,12+/m0/s1. The van der Waals surface area contributed by atoms with Crippen LogP contribution in [0.4, 0.5) is 4.79 Å². The van der Waals surface area contributed by atoms with Gasteiger partial charge in [-0.05, 0) is 20.8 Å². The molecule has 0 aliphatic carbocycles. The summed E-state index contributed by atoms with van der Waals surface area (Å²) in [7, 11) is 0. The number of carbonyl (C=O) groups is 2. The van der Waals surface area contributed by atoms with Crippen molar-refractivity contribution >= 4 is 70.1 Å². The Morgan fingerprint density at radius 3 is 1.83 bits per heavy atom. The fourth-order valence-electron chi connectivity index (χ4n) is 1.81. The highest BCUT2D eigenvalue weighted by Crippen LogP contribution is 2.48. The number of hydrogen-bond donors (Lipinski definition) is 4. The van der Waals surface area contributed by atoms with E-state index in [4.69, 9.17) is 67.5 Å². The number of hydrogen-bond acceptors (Lipinski definition) is 7. The Hall–Kier alpha value is -0.710. The van der Waals surface area contributed by atoms with Crippen LogP contribution < -0.4 is 10.1 Å². The Bertz CT molecular complexity index is 755. The highest BCUT2D eigenvalue weighted by molar-refractivity contribution is 6.55. The van der Waals surface area contributed by atoms with E-state index in [-0.39, 0.29) is 25.1 Å². The van der Waals surface area contributed by atoms with E-state index in [1.807, 2.05) is 0 Å². The van der Waals surface area contributed by atoms with Crippen LogP contribution in [0.3, 0.4) is 0 Å². The molecule has 0 radical (unpaired) electrons. The van der Waals surface area contributed by atoms with Crippen LogP contribution in [0.15, 0.2) is 0 Å². The molecule has 0 heterocycles. The molecule has 0 fully saturated rings. The van der Waals surface area contributed by atoms with Crippen molar-refractivity contribution in [1.29, 1.82) is 0 Å². The summed E-state index contributed by atoms with van der Waals surface area (Å²) in [4.78, 5) is 23.7. The lowest BCUT2D eigenvalue weighted by Gasteiger charge is -2.24. The van der Waals surface area contributed by atoms with Crippen molar-refractivity contribution in [3.05, 3.63) is 25.1 Å². The van der Waals surface area contributed by atoms with E-state index in [1.54, 1.807) is 20.8 Å². The molecule has 0 aromatic heterocycles. The lowest BCUT2D eigenvalue weighted by Crippen LogP contribution is -2.49. The van der Waals surface area contributed by atoms with Crippen molar-refractivity contribution in [3.8, 4) is 5.75 Å². The van der Waals surface area contributed by atoms with Crippen LogP contribution >= 0.6 is 58.0 Å². The summed E-state index contributed by atoms with van der Waals surface area (Å²) in [5.41, 5.74) is -0.781. The van der Waals surface area contributed by atoms with Crippen molar-refractivity contribution in [2.45, 2.75) is 44.7 Å². The quantitative estimate of drug-likeness (QED) is 0.199. The molecule has 1 amide bonds. The van der Waals surface area contributed by atoms with Crippen LogP contribution in [0.25, 0.3) is 0 Å². The molecular weight excluding hydrogens is 495 g/mol. The fourth-order valence-corrected chi connectivity index (χ4v) is 3.01. The average Bonchev–Trinajstić information content (AvgIpc) is 2.63. The topological polar surface area (TPSA) is 125 Å². The molecule has 0 unspecified atom stereocenters. The van der Waals surface area contributed by atoms with Gasteiger partial charge in [0.2, 0.25) is 0 Å². The largest absolute Gasteiger partial charge is 0.444 e. The van der Waals surface area contributed by atoms with Gasteiger partial charge < -0.3 is 30.1 Å². The van der Waals surface area contributed by atoms with Crippen molar-refractivity contribution in [1.82, 2.24) is 5.32 Å². The van der Waals surface area contributed by atoms with Gasteiger partial charge in [0, 0.05) is 6.54 Å². The molecule has 0 aliphatic rings. The number of esters is 1. The smallest absolute Gasteiger partial charge is 0.407 e. The molecule has 3 atom stereocenters. The monoisotopic (exact) mass is 511 g/mol. The summed E-state index contributed by atoms with van der Waals surface area (Å²) in [5.74, 6) is -1.92. The number of halogens is 5. The van der Waals surface area contributed by atoms with Crippen molar-refractivity contribution in [2.24, 2.45) is 0 Å². The molecule has 1 rings (SSSR count). The zero-order chi connectivity index (χ0) is 22.7. The third-order valence-electron chi connectivity index (χ3n) is 3.19. The molecule has 8 nitrogen and oxygen atoms in total. The maximum absolute atomic E-state index is 12.1. The van der Waals surface area contributed by atoms with Crippen LogP contribution in [-0.4, -0.2) is 57.8 Å². The third-order valence-corrected chi connectivity index (χ3v) is 5.43. The van der Waals surface area contributed by atoms with Crippen LogP contribution in [0.2, 0.25) is 25.1 Å². The maximum atomic E-state index is 12.1. The van der Waals surface area contributed by atoms with Gasteiger partial charge in [-0.1, -0.05) is 58.0 Å². The van der Waals surface area contributed by atoms with E-state index in [2.05, 4.69) is 5.32 Å². The van der Waals surface area contributed by atoms with E-state index in [0.717, 1.165) is 0 Å². The van der Waals surface area contributed by atoms with Gasteiger partial charge in [0.1, 0.15) is 27.9 Å². The summed E-state index contributed by atoms with van der Waals surface area (Å²) in [5, 5.41) is 30.6. The third kappa shape index (κ3) is 7.18. The molecule has 0 saturated carbocycles. The number of nitrogens with one attached hydrogen (secondary N) is 1. The van der Waals surface area contributed by atoms with Crippen LogP contribution in [0.5, 0.6) is 5.75 Å². The molecule has 29 heavy (non-hydrogen) atoms. The molecular formula is C16H18Cl5NO7. The van der Waals surface area contributed by atoms with Crippen LogP contribution in [0, 0.1) is 0 Å². The average molecular weight is 514 g/mol. The SMILES string of the molecule is CC(C)(C)OC(=O)NC[C@H](O)[C@H](O)[C@@H](O)C(=O)Oc1c(Cl)c(Cl)c(Cl)c(Cl)c1Cl. The second-order valence-corrected chi connectivity index (χ2v) is 8.60. The minimum absolute atomic E-state index is 0.174. The minimum Gasteiger partial charge on any atom is -0.444 e. The first-order valence-corrected chi connectivity index (χ1v) is 9.80. The van der Waals surface area contributed by atoms with Gasteiger partial charge in [-0.2, -0.15) is 0 Å². The zero-order valence-corrected chi connectivity index (χ0v) is 19.1. The van der Waals surface area contributed by atoms with Gasteiger partial charge in [-0.3, -0.25) is 0 Å². The number of aliphatic hydroxyl groups is 3. The van der Waals surface area contributed by atoms with E-state index in [0.29, 0.717) is 0 Å². The van der Waals surface area contributed by atoms with E-state index < -0.39 is 48.3 Å². The number of benzene rings is 1. The fraction of sp³-hybridized carbons (Fsp3) is 0.500. The number of amides is 1. The first kappa shape index (κ1) is 26.3. The number of aliphatic hydroxyl groups excluding tert-OH is 3. The van der Waals surface area contributed by atoms with Crippen molar-refractivity contribution in [3.63, 3.8) is 0 Å². The van der Waals surface area contributed by atoms with Crippen molar-refractivity contribution < 1.29 is 34.4 Å². The Labute approximate surface area is 191 Å². The maximum Gasteiger partial charge on any atom is 0.407 e. The molecule has 13 heteroatoms. The highest BCUT2D eigenvalue weighted by Gasteiger charge is 2.34. The van der Waals surface area contributed by atoms with Crippen molar-refractivity contribution in [2.75, 3.05) is 6.54 Å². The lowest BCUT2D eigenvalue weighted by molar-refractivity contribution is -0.154. The Balaban J connectivity index is 2.80. The molecule has 1 aromatic carbocycles. The predicted octanol–water partition coefficient (Wildman–Crippen LogP) is 3.47. The second kappa shape index (κ2) is 10.5. The molecule has 4 N–H and O–H groups in total. The summed E-state index contributed by atoms with van der Waals surface area (Å²) in [6.07, 6.45) is -6.88. The summed E-state index contributed by atoms with van der Waals surface area (Å²) in [6.45, 7) is 4.36. The molecule has 1 aromatic rings. The normalized spacial score (nSPS) is 14.7. The lowest BCUT2D eigenvalue weighted by atomic mass is 10.1. The molecule has 164 valence electrons. The van der Waals surface area contributed by atoms with E-state index >= 15 is 0 Å². The van der Waals surface area contributed by atoms with Crippen LogP contribution in [0.1, 0.15) is 20.8 Å². The summed E-state index contributed by atoms with van der Waals surface area (Å²) < 4.78 is 9.80. The number of ether oxygens (including phenoxy) is 2. The summed E-state index contributed by atoms with van der Waals surface area (Å²) in [6, 6.07) is 0. The van der Waals surface area contributed by atoms with Gasteiger partial charge in [-0.25, -0.2) is 9.59 Å². The van der Waals surface area contributed by atoms with E-state index in [1.165, 1.54) is 0 Å². The van der Waals surface area contributed by atoms with Gasteiger partial charge in [-0.15, -0.1) is 0 Å². The highest BCUT2D eigenvalue weighted by atomic mass is 35.5. The second-order valence-electron chi connectivity index (χ2n) is 6.71. The first-order valence-electron chi connectivity index (χ1n) is 7.91. The molecule has 0 aliphatic heterocycles. The molecule has 0 spiro atoms. The number of carbonyl (C=O) groups excluding carboxylic acids is 2. The Morgan fingerprint density at radius 2 is 1.38 bits per heavy atom. The Morgan fingerprint density at radius 1 is 0.931 bits per heavy atom. The number of alkyl carbamates (subject to hydrolysis) is 1. The van der Waals surface area contributed by atoms with Gasteiger partial charge >= 0.3 is 12.1 Å². The molecule has 0 saturated heterocycles. The Kier molecular flexibility index (Phi) is 9.57. The predicted molar refractivity (Wildman–Crippen MR) is 109 cm³/mol. The number of rotatable bonds is 6. The van der Waals surface area contributed by atoms with E-state index in [9.17, 15) is 24.9 Å². The van der Waals surface area contributed by atoms with Crippen LogP contribution in [-0.2, 0) is 9.53 Å².